The first kappa shape index (κ1) is 23.3. The molecule has 36 heavy (non-hydrogen) atoms. The van der Waals surface area contributed by atoms with Gasteiger partial charge in [0.25, 0.3) is 0 Å². The Balaban J connectivity index is 1.30. The Morgan fingerprint density at radius 2 is 2.06 bits per heavy atom. The Morgan fingerprint density at radius 3 is 2.89 bits per heavy atom. The number of benzene rings is 1. The van der Waals surface area contributed by atoms with Gasteiger partial charge < -0.3 is 18.6 Å². The van der Waals surface area contributed by atoms with E-state index in [2.05, 4.69) is 35.0 Å². The highest BCUT2D eigenvalue weighted by molar-refractivity contribution is 7.99. The van der Waals surface area contributed by atoms with Crippen LogP contribution in [-0.2, 0) is 11.3 Å². The highest BCUT2D eigenvalue weighted by atomic mass is 32.2. The van der Waals surface area contributed by atoms with Crippen molar-refractivity contribution in [2.24, 2.45) is 0 Å². The van der Waals surface area contributed by atoms with Crippen LogP contribution in [0.2, 0.25) is 0 Å². The first-order valence-electron chi connectivity index (χ1n) is 12.2. The molecule has 2 N–H and O–H groups in total. The van der Waals surface area contributed by atoms with Gasteiger partial charge >= 0.3 is 0 Å². The van der Waals surface area contributed by atoms with Crippen molar-refractivity contribution < 1.29 is 13.9 Å². The summed E-state index contributed by atoms with van der Waals surface area (Å²) in [6.45, 7) is 3.17. The Kier molecular flexibility index (Phi) is 6.28. The van der Waals surface area contributed by atoms with Crippen molar-refractivity contribution in [3.8, 4) is 28.5 Å². The number of fused-ring (bicyclic) bond motifs is 1. The lowest BCUT2D eigenvalue weighted by Crippen LogP contribution is -2.49. The van der Waals surface area contributed by atoms with Gasteiger partial charge in [-0.25, -0.2) is 4.98 Å². The second-order valence-electron chi connectivity index (χ2n) is 9.39. The molecule has 1 spiro atoms. The number of H-pyrrole nitrogens is 1. The monoisotopic (exact) mass is 507 g/mol. The van der Waals surface area contributed by atoms with Crippen molar-refractivity contribution in [2.45, 2.75) is 37.8 Å². The molecular formula is C25H29N7O3S. The number of nitrogens with zero attached hydrogens (tertiary/aromatic N) is 5. The number of ether oxygens (including phenoxy) is 2. The summed E-state index contributed by atoms with van der Waals surface area (Å²) in [6.07, 6.45) is 10.3. The fraction of sp³-hybridized carbons (Fsp3) is 0.440. The fourth-order valence-corrected chi connectivity index (χ4v) is 5.71. The van der Waals surface area contributed by atoms with Crippen molar-refractivity contribution in [1.29, 1.82) is 0 Å². The SMILES string of the molecule is COc1ncc(-c2cc(-c3nnc(CN4CCOC5(CCCC5)C4)o3)c3cn[nH]c3c2)cc1NSC. The van der Waals surface area contributed by atoms with E-state index < -0.39 is 0 Å². The summed E-state index contributed by atoms with van der Waals surface area (Å²) in [6, 6.07) is 6.11. The molecule has 10 nitrogen and oxygen atoms in total. The van der Waals surface area contributed by atoms with E-state index in [4.69, 9.17) is 13.9 Å². The molecule has 1 aliphatic carbocycles. The van der Waals surface area contributed by atoms with Crippen molar-refractivity contribution in [3.05, 3.63) is 36.5 Å². The van der Waals surface area contributed by atoms with Gasteiger partial charge in [-0.15, -0.1) is 10.2 Å². The standard InChI is InChI=1S/C25H29N7O3S/c1-33-24-21(31-36-2)11-17(12-26-24)16-9-18(19-13-27-28-20(19)10-16)23-30-29-22(35-23)14-32-7-8-34-25(15-32)5-3-4-6-25/h9-13,31H,3-8,14-15H2,1-2H3,(H,27,28). The number of hydrogen-bond donors (Lipinski definition) is 2. The zero-order valence-corrected chi connectivity index (χ0v) is 21.2. The van der Waals surface area contributed by atoms with Crippen molar-refractivity contribution >= 4 is 28.5 Å². The van der Waals surface area contributed by atoms with Crippen LogP contribution in [0.3, 0.4) is 0 Å². The third-order valence-electron chi connectivity index (χ3n) is 7.05. The Bertz CT molecular complexity index is 1360. The topological polar surface area (TPSA) is 114 Å². The smallest absolute Gasteiger partial charge is 0.248 e. The second kappa shape index (κ2) is 9.72. The predicted molar refractivity (Wildman–Crippen MR) is 139 cm³/mol. The molecule has 0 unspecified atom stereocenters. The van der Waals surface area contributed by atoms with Gasteiger partial charge in [0, 0.05) is 36.5 Å². The van der Waals surface area contributed by atoms with Gasteiger partial charge in [-0.05, 0) is 36.6 Å². The summed E-state index contributed by atoms with van der Waals surface area (Å²) < 4.78 is 21.0. The normalized spacial score (nSPS) is 17.7. The lowest BCUT2D eigenvalue weighted by Gasteiger charge is -2.40. The first-order chi connectivity index (χ1) is 17.7. The van der Waals surface area contributed by atoms with Crippen LogP contribution >= 0.6 is 11.9 Å². The van der Waals surface area contributed by atoms with E-state index in [1.54, 1.807) is 19.5 Å². The van der Waals surface area contributed by atoms with E-state index >= 15 is 0 Å². The Labute approximate surface area is 213 Å². The molecule has 188 valence electrons. The van der Waals surface area contributed by atoms with Gasteiger partial charge in [0.05, 0.1) is 43.1 Å². The fourth-order valence-electron chi connectivity index (χ4n) is 5.35. The minimum Gasteiger partial charge on any atom is -0.480 e. The number of nitrogens with one attached hydrogen (secondary N) is 2. The molecule has 2 aliphatic rings. The number of pyridine rings is 1. The van der Waals surface area contributed by atoms with Gasteiger partial charge in [-0.1, -0.05) is 24.8 Å². The van der Waals surface area contributed by atoms with Crippen LogP contribution in [0.25, 0.3) is 33.5 Å². The van der Waals surface area contributed by atoms with Crippen LogP contribution in [0.5, 0.6) is 5.88 Å². The molecule has 6 rings (SSSR count). The lowest BCUT2D eigenvalue weighted by molar-refractivity contribution is -0.108. The molecule has 0 bridgehead atoms. The number of rotatable bonds is 7. The van der Waals surface area contributed by atoms with Gasteiger partial charge in [0.2, 0.25) is 17.7 Å². The third kappa shape index (κ3) is 4.42. The highest BCUT2D eigenvalue weighted by Gasteiger charge is 2.39. The van der Waals surface area contributed by atoms with Crippen LogP contribution in [0, 0.1) is 0 Å². The van der Waals surface area contributed by atoms with E-state index in [9.17, 15) is 0 Å². The molecule has 1 saturated carbocycles. The minimum atomic E-state index is 0.00871. The number of anilines is 1. The average molecular weight is 508 g/mol. The number of aromatic amines is 1. The Hall–Kier alpha value is -3.15. The zero-order valence-electron chi connectivity index (χ0n) is 20.4. The van der Waals surface area contributed by atoms with E-state index in [1.807, 2.05) is 24.5 Å². The van der Waals surface area contributed by atoms with Crippen LogP contribution < -0.4 is 9.46 Å². The summed E-state index contributed by atoms with van der Waals surface area (Å²) in [5, 5.41) is 17.0. The third-order valence-corrected chi connectivity index (χ3v) is 7.47. The van der Waals surface area contributed by atoms with E-state index in [-0.39, 0.29) is 5.60 Å². The van der Waals surface area contributed by atoms with Crippen LogP contribution in [-0.4, -0.2) is 68.9 Å². The molecule has 11 heteroatoms. The molecular weight excluding hydrogens is 478 g/mol. The number of aromatic nitrogens is 5. The quantitative estimate of drug-likeness (QED) is 0.346. The first-order valence-corrected chi connectivity index (χ1v) is 13.4. The van der Waals surface area contributed by atoms with Gasteiger partial charge in [-0.2, -0.15) is 5.10 Å². The summed E-state index contributed by atoms with van der Waals surface area (Å²) in [7, 11) is 1.61. The summed E-state index contributed by atoms with van der Waals surface area (Å²) >= 11 is 1.48. The highest BCUT2D eigenvalue weighted by Crippen LogP contribution is 2.37. The molecule has 2 fully saturated rings. The summed E-state index contributed by atoms with van der Waals surface area (Å²) in [5.41, 5.74) is 4.42. The van der Waals surface area contributed by atoms with Crippen LogP contribution in [0.4, 0.5) is 5.69 Å². The number of hydrogen-bond acceptors (Lipinski definition) is 10. The molecule has 3 aromatic heterocycles. The molecule has 4 aromatic rings. The summed E-state index contributed by atoms with van der Waals surface area (Å²) in [4.78, 5) is 6.84. The van der Waals surface area contributed by atoms with Crippen molar-refractivity contribution in [2.75, 3.05) is 37.8 Å². The maximum atomic E-state index is 6.19. The number of morpholine rings is 1. The lowest BCUT2D eigenvalue weighted by atomic mass is 10.00. The molecule has 1 aliphatic heterocycles. The second-order valence-corrected chi connectivity index (χ2v) is 10.0. The zero-order chi connectivity index (χ0) is 24.5. The molecule has 1 aromatic carbocycles. The van der Waals surface area contributed by atoms with Gasteiger partial charge in [0.15, 0.2) is 0 Å². The predicted octanol–water partition coefficient (Wildman–Crippen LogP) is 4.52. The van der Waals surface area contributed by atoms with E-state index in [0.29, 0.717) is 24.2 Å². The van der Waals surface area contributed by atoms with Crippen molar-refractivity contribution in [1.82, 2.24) is 30.3 Å². The molecule has 0 atom stereocenters. The maximum Gasteiger partial charge on any atom is 0.248 e. The summed E-state index contributed by atoms with van der Waals surface area (Å²) in [5.74, 6) is 1.63. The van der Waals surface area contributed by atoms with E-state index in [1.165, 1.54) is 24.8 Å². The molecule has 0 amide bonds. The Morgan fingerprint density at radius 1 is 1.17 bits per heavy atom. The number of methoxy groups -OCH3 is 1. The largest absolute Gasteiger partial charge is 0.480 e. The average Bonchev–Trinajstić information content (AvgIpc) is 3.65. The molecule has 0 radical (unpaired) electrons. The van der Waals surface area contributed by atoms with Crippen LogP contribution in [0.1, 0.15) is 31.6 Å². The van der Waals surface area contributed by atoms with Crippen molar-refractivity contribution in [3.63, 3.8) is 0 Å². The molecule has 4 heterocycles. The minimum absolute atomic E-state index is 0.00871. The maximum absolute atomic E-state index is 6.19. The van der Waals surface area contributed by atoms with Crippen LogP contribution in [0.15, 0.2) is 35.0 Å². The van der Waals surface area contributed by atoms with E-state index in [0.717, 1.165) is 65.8 Å². The molecule has 1 saturated heterocycles. The van der Waals surface area contributed by atoms with Gasteiger partial charge in [0.1, 0.15) is 5.69 Å². The van der Waals surface area contributed by atoms with Gasteiger partial charge in [-0.3, -0.25) is 10.00 Å².